The Labute approximate surface area is 84.0 Å². The number of halogens is 1. The molecular formula is C6H8BrN3O2S. The first-order valence-corrected chi connectivity index (χ1v) is 6.46. The van der Waals surface area contributed by atoms with Crippen molar-refractivity contribution >= 4 is 25.8 Å². The largest absolute Gasteiger partial charge is 0.262 e. The Morgan fingerprint density at radius 2 is 2.31 bits per heavy atom. The number of sulfone groups is 1. The second kappa shape index (κ2) is 3.06. The summed E-state index contributed by atoms with van der Waals surface area (Å²) in [5, 5.41) is 6.51. The second-order valence-electron chi connectivity index (χ2n) is 3.09. The predicted octanol–water partition coefficient (Wildman–Crippen LogP) is 0.469. The van der Waals surface area contributed by atoms with Crippen molar-refractivity contribution in [3.8, 4) is 0 Å². The highest BCUT2D eigenvalue weighted by Crippen LogP contribution is 2.26. The minimum Gasteiger partial charge on any atom is -0.262 e. The van der Waals surface area contributed by atoms with Gasteiger partial charge in [0.2, 0.25) is 4.73 Å². The SMILES string of the molecule is O=S1(=O)CCC(c2nc(Br)n[nH]2)C1. The minimum absolute atomic E-state index is 0.0104. The van der Waals surface area contributed by atoms with Crippen molar-refractivity contribution in [3.05, 3.63) is 10.6 Å². The van der Waals surface area contributed by atoms with Crippen LogP contribution in [0.15, 0.2) is 4.73 Å². The molecule has 2 heterocycles. The van der Waals surface area contributed by atoms with E-state index in [-0.39, 0.29) is 17.4 Å². The van der Waals surface area contributed by atoms with Gasteiger partial charge < -0.3 is 0 Å². The predicted molar refractivity (Wildman–Crippen MR) is 50.1 cm³/mol. The van der Waals surface area contributed by atoms with Crippen LogP contribution in [-0.2, 0) is 9.84 Å². The molecule has 0 amide bonds. The van der Waals surface area contributed by atoms with Crippen LogP contribution in [0, 0.1) is 0 Å². The number of aromatic nitrogens is 3. The Morgan fingerprint density at radius 1 is 1.54 bits per heavy atom. The van der Waals surface area contributed by atoms with Gasteiger partial charge in [-0.3, -0.25) is 5.10 Å². The highest BCUT2D eigenvalue weighted by molar-refractivity contribution is 9.10. The molecule has 0 saturated carbocycles. The van der Waals surface area contributed by atoms with Gasteiger partial charge in [-0.2, -0.15) is 0 Å². The van der Waals surface area contributed by atoms with Crippen molar-refractivity contribution < 1.29 is 8.42 Å². The van der Waals surface area contributed by atoms with E-state index in [9.17, 15) is 8.42 Å². The molecule has 0 spiro atoms. The number of nitrogens with one attached hydrogen (secondary N) is 1. The maximum Gasteiger partial charge on any atom is 0.217 e. The summed E-state index contributed by atoms with van der Waals surface area (Å²) in [5.74, 6) is 1.10. The van der Waals surface area contributed by atoms with Crippen LogP contribution in [0.1, 0.15) is 18.2 Å². The quantitative estimate of drug-likeness (QED) is 0.801. The van der Waals surface area contributed by atoms with E-state index in [0.29, 0.717) is 17.0 Å². The number of hydrogen-bond donors (Lipinski definition) is 1. The van der Waals surface area contributed by atoms with Crippen LogP contribution in [0.3, 0.4) is 0 Å². The van der Waals surface area contributed by atoms with E-state index in [1.54, 1.807) is 0 Å². The van der Waals surface area contributed by atoms with Crippen LogP contribution < -0.4 is 0 Å². The van der Waals surface area contributed by atoms with Crippen molar-refractivity contribution in [1.29, 1.82) is 0 Å². The van der Waals surface area contributed by atoms with E-state index < -0.39 is 9.84 Å². The third kappa shape index (κ3) is 1.91. The molecule has 2 rings (SSSR count). The number of rotatable bonds is 1. The molecule has 1 aliphatic heterocycles. The zero-order valence-electron chi connectivity index (χ0n) is 6.70. The average molecular weight is 266 g/mol. The van der Waals surface area contributed by atoms with Crippen LogP contribution in [0.4, 0.5) is 0 Å². The summed E-state index contributed by atoms with van der Waals surface area (Å²) in [5.41, 5.74) is 0. The fraction of sp³-hybridized carbons (Fsp3) is 0.667. The molecule has 1 fully saturated rings. The average Bonchev–Trinajstić information content (AvgIpc) is 2.56. The van der Waals surface area contributed by atoms with E-state index in [1.807, 2.05) is 0 Å². The molecule has 1 aliphatic rings. The Kier molecular flexibility index (Phi) is 2.15. The Balaban J connectivity index is 2.21. The highest BCUT2D eigenvalue weighted by Gasteiger charge is 2.31. The molecule has 13 heavy (non-hydrogen) atoms. The van der Waals surface area contributed by atoms with Crippen molar-refractivity contribution in [2.45, 2.75) is 12.3 Å². The summed E-state index contributed by atoms with van der Waals surface area (Å²) in [6.07, 6.45) is 0.643. The van der Waals surface area contributed by atoms with E-state index >= 15 is 0 Å². The lowest BCUT2D eigenvalue weighted by Crippen LogP contribution is -2.05. The molecular weight excluding hydrogens is 258 g/mol. The fourth-order valence-electron chi connectivity index (χ4n) is 1.45. The lowest BCUT2D eigenvalue weighted by molar-refractivity contribution is 0.601. The van der Waals surface area contributed by atoms with Crippen molar-refractivity contribution in [2.24, 2.45) is 0 Å². The standard InChI is InChI=1S/C6H8BrN3O2S/c7-6-8-5(9-10-6)4-1-2-13(11,12)3-4/h4H,1-3H2,(H,8,9,10). The summed E-state index contributed by atoms with van der Waals surface area (Å²) >= 11 is 3.10. The first-order chi connectivity index (χ1) is 6.07. The number of nitrogens with zero attached hydrogens (tertiary/aromatic N) is 2. The van der Waals surface area contributed by atoms with Gasteiger partial charge in [-0.15, -0.1) is 5.10 Å². The third-order valence-electron chi connectivity index (χ3n) is 2.09. The van der Waals surface area contributed by atoms with Gasteiger partial charge in [-0.1, -0.05) is 0 Å². The molecule has 0 bridgehead atoms. The van der Waals surface area contributed by atoms with E-state index in [1.165, 1.54) is 0 Å². The zero-order chi connectivity index (χ0) is 9.47. The summed E-state index contributed by atoms with van der Waals surface area (Å²) in [6, 6.07) is 0. The van der Waals surface area contributed by atoms with Gasteiger partial charge in [-0.25, -0.2) is 13.4 Å². The van der Waals surface area contributed by atoms with Crippen molar-refractivity contribution in [3.63, 3.8) is 0 Å². The first-order valence-electron chi connectivity index (χ1n) is 3.85. The van der Waals surface area contributed by atoms with Gasteiger partial charge in [0.25, 0.3) is 0 Å². The van der Waals surface area contributed by atoms with Gasteiger partial charge in [0.05, 0.1) is 11.5 Å². The number of aromatic amines is 1. The minimum atomic E-state index is -2.84. The van der Waals surface area contributed by atoms with Crippen LogP contribution in [0.25, 0.3) is 0 Å². The Morgan fingerprint density at radius 3 is 2.77 bits per heavy atom. The highest BCUT2D eigenvalue weighted by atomic mass is 79.9. The molecule has 1 atom stereocenters. The molecule has 1 saturated heterocycles. The molecule has 1 unspecified atom stereocenters. The van der Waals surface area contributed by atoms with Crippen molar-refractivity contribution in [2.75, 3.05) is 11.5 Å². The molecule has 0 radical (unpaired) electrons. The van der Waals surface area contributed by atoms with E-state index in [0.717, 1.165) is 0 Å². The van der Waals surface area contributed by atoms with Crippen LogP contribution >= 0.6 is 15.9 Å². The fourth-order valence-corrected chi connectivity index (χ4v) is 3.47. The third-order valence-corrected chi connectivity index (χ3v) is 4.22. The molecule has 1 N–H and O–H groups in total. The molecule has 72 valence electrons. The van der Waals surface area contributed by atoms with Gasteiger partial charge in [0.15, 0.2) is 9.84 Å². The lowest BCUT2D eigenvalue weighted by atomic mass is 10.1. The van der Waals surface area contributed by atoms with Gasteiger partial charge in [0.1, 0.15) is 5.82 Å². The maximum atomic E-state index is 11.1. The monoisotopic (exact) mass is 265 g/mol. The maximum absolute atomic E-state index is 11.1. The molecule has 7 heteroatoms. The van der Waals surface area contributed by atoms with E-state index in [4.69, 9.17) is 0 Å². The van der Waals surface area contributed by atoms with Crippen LogP contribution in [0.2, 0.25) is 0 Å². The van der Waals surface area contributed by atoms with Gasteiger partial charge in [-0.05, 0) is 22.4 Å². The number of H-pyrrole nitrogens is 1. The second-order valence-corrected chi connectivity index (χ2v) is 6.03. The molecule has 1 aromatic rings. The molecule has 0 aromatic carbocycles. The normalized spacial score (nSPS) is 26.4. The zero-order valence-corrected chi connectivity index (χ0v) is 9.10. The van der Waals surface area contributed by atoms with E-state index in [2.05, 4.69) is 31.1 Å². The summed E-state index contributed by atoms with van der Waals surface area (Å²) in [6.45, 7) is 0. The Hall–Kier alpha value is -0.430. The van der Waals surface area contributed by atoms with Crippen LogP contribution in [-0.4, -0.2) is 35.1 Å². The summed E-state index contributed by atoms with van der Waals surface area (Å²) in [7, 11) is -2.84. The summed E-state index contributed by atoms with van der Waals surface area (Å²) < 4.78 is 22.8. The topological polar surface area (TPSA) is 75.7 Å². The van der Waals surface area contributed by atoms with Crippen molar-refractivity contribution in [1.82, 2.24) is 15.2 Å². The first kappa shape index (κ1) is 9.14. The Bertz CT molecular complexity index is 413. The number of hydrogen-bond acceptors (Lipinski definition) is 4. The smallest absolute Gasteiger partial charge is 0.217 e. The van der Waals surface area contributed by atoms with Crippen LogP contribution in [0.5, 0.6) is 0 Å². The molecule has 1 aromatic heterocycles. The van der Waals surface area contributed by atoms with Gasteiger partial charge in [0, 0.05) is 5.92 Å². The lowest BCUT2D eigenvalue weighted by Gasteiger charge is -1.99. The van der Waals surface area contributed by atoms with Gasteiger partial charge >= 0.3 is 0 Å². The summed E-state index contributed by atoms with van der Waals surface area (Å²) in [4.78, 5) is 4.04. The molecule has 0 aliphatic carbocycles. The molecule has 5 nitrogen and oxygen atoms in total.